The smallest absolute Gasteiger partial charge is 0.155 e. The van der Waals surface area contributed by atoms with Crippen LogP contribution >= 0.6 is 0 Å². The number of aromatic nitrogens is 6. The fourth-order valence-electron chi connectivity index (χ4n) is 3.41. The van der Waals surface area contributed by atoms with Gasteiger partial charge in [-0.1, -0.05) is 6.07 Å². The summed E-state index contributed by atoms with van der Waals surface area (Å²) in [5.74, 6) is 0.842. The summed E-state index contributed by atoms with van der Waals surface area (Å²) < 4.78 is 3.72. The Kier molecular flexibility index (Phi) is 2.79. The van der Waals surface area contributed by atoms with Gasteiger partial charge in [-0.25, -0.2) is 19.2 Å². The predicted molar refractivity (Wildman–Crippen MR) is 90.1 cm³/mol. The molecule has 6 heteroatoms. The third kappa shape index (κ3) is 1.96. The average Bonchev–Trinajstić information content (AvgIpc) is 3.29. The van der Waals surface area contributed by atoms with Crippen LogP contribution < -0.4 is 0 Å². The fraction of sp³-hybridized carbons (Fsp3) is 0.222. The second-order valence-electron chi connectivity index (χ2n) is 6.12. The van der Waals surface area contributed by atoms with Crippen LogP contribution in [0.4, 0.5) is 0 Å². The quantitative estimate of drug-likeness (QED) is 0.570. The summed E-state index contributed by atoms with van der Waals surface area (Å²) in [6.45, 7) is 2.00. The zero-order valence-corrected chi connectivity index (χ0v) is 13.3. The molecule has 0 radical (unpaired) electrons. The van der Waals surface area contributed by atoms with Gasteiger partial charge in [0.1, 0.15) is 0 Å². The monoisotopic (exact) mass is 316 g/mol. The van der Waals surface area contributed by atoms with Gasteiger partial charge in [0.05, 0.1) is 23.3 Å². The highest BCUT2D eigenvalue weighted by Gasteiger charge is 2.25. The molecule has 5 rings (SSSR count). The van der Waals surface area contributed by atoms with E-state index in [0.29, 0.717) is 0 Å². The number of aryl methyl sites for hydroxylation is 2. The molecule has 0 saturated carbocycles. The van der Waals surface area contributed by atoms with Crippen molar-refractivity contribution in [1.29, 1.82) is 0 Å². The standard InChI is InChI=1S/C18H16N6/c1-12-4-2-7-17(20-12)24-18(13-5-3-6-14(13)22-24)15-9-11-23-16(21-15)8-10-19-23/h2,4,7-11H,3,5-6H2,1H3. The zero-order chi connectivity index (χ0) is 16.1. The maximum atomic E-state index is 4.84. The third-order valence-corrected chi connectivity index (χ3v) is 4.50. The topological polar surface area (TPSA) is 60.9 Å². The van der Waals surface area contributed by atoms with E-state index >= 15 is 0 Å². The van der Waals surface area contributed by atoms with Crippen LogP contribution in [-0.2, 0) is 12.8 Å². The summed E-state index contributed by atoms with van der Waals surface area (Å²) in [5, 5.41) is 9.06. The van der Waals surface area contributed by atoms with Gasteiger partial charge in [0.25, 0.3) is 0 Å². The van der Waals surface area contributed by atoms with Crippen LogP contribution in [0, 0.1) is 6.92 Å². The lowest BCUT2D eigenvalue weighted by atomic mass is 10.1. The number of hydrogen-bond donors (Lipinski definition) is 0. The van der Waals surface area contributed by atoms with Crippen molar-refractivity contribution in [3.05, 3.63) is 59.7 Å². The summed E-state index contributed by atoms with van der Waals surface area (Å²) in [5.41, 5.74) is 6.27. The maximum absolute atomic E-state index is 4.84. The average molecular weight is 316 g/mol. The first kappa shape index (κ1) is 13.4. The van der Waals surface area contributed by atoms with E-state index in [1.807, 2.05) is 48.1 Å². The molecule has 1 aliphatic rings. The van der Waals surface area contributed by atoms with Gasteiger partial charge in [0.2, 0.25) is 0 Å². The molecule has 0 fully saturated rings. The zero-order valence-electron chi connectivity index (χ0n) is 13.3. The molecule has 118 valence electrons. The van der Waals surface area contributed by atoms with Crippen LogP contribution in [0.5, 0.6) is 0 Å². The molecule has 0 N–H and O–H groups in total. The highest BCUT2D eigenvalue weighted by Crippen LogP contribution is 2.33. The molecule has 0 aliphatic heterocycles. The summed E-state index contributed by atoms with van der Waals surface area (Å²) in [7, 11) is 0. The van der Waals surface area contributed by atoms with Crippen LogP contribution in [0.15, 0.2) is 42.7 Å². The molecule has 4 heterocycles. The predicted octanol–water partition coefficient (Wildman–Crippen LogP) is 2.77. The molecule has 0 aromatic carbocycles. The number of fused-ring (bicyclic) bond motifs is 2. The van der Waals surface area contributed by atoms with Gasteiger partial charge in [-0.3, -0.25) is 0 Å². The number of rotatable bonds is 2. The lowest BCUT2D eigenvalue weighted by Crippen LogP contribution is -2.05. The Morgan fingerprint density at radius 3 is 2.92 bits per heavy atom. The van der Waals surface area contributed by atoms with E-state index in [1.54, 1.807) is 10.7 Å². The van der Waals surface area contributed by atoms with Crippen LogP contribution in [0.1, 0.15) is 23.4 Å². The Bertz CT molecular complexity index is 1060. The van der Waals surface area contributed by atoms with Crippen molar-refractivity contribution in [2.45, 2.75) is 26.2 Å². The van der Waals surface area contributed by atoms with Crippen molar-refractivity contribution in [3.63, 3.8) is 0 Å². The normalized spacial score (nSPS) is 13.5. The van der Waals surface area contributed by atoms with Gasteiger partial charge in [0.15, 0.2) is 11.5 Å². The van der Waals surface area contributed by atoms with Crippen molar-refractivity contribution in [2.24, 2.45) is 0 Å². The van der Waals surface area contributed by atoms with E-state index in [4.69, 9.17) is 10.1 Å². The van der Waals surface area contributed by atoms with E-state index in [9.17, 15) is 0 Å². The van der Waals surface area contributed by atoms with Crippen LogP contribution in [0.3, 0.4) is 0 Å². The molecule has 0 saturated heterocycles. The molecule has 24 heavy (non-hydrogen) atoms. The molecule has 0 bridgehead atoms. The molecular weight excluding hydrogens is 300 g/mol. The molecule has 0 atom stereocenters. The number of nitrogens with zero attached hydrogens (tertiary/aromatic N) is 6. The van der Waals surface area contributed by atoms with Gasteiger partial charge < -0.3 is 0 Å². The SMILES string of the molecule is Cc1cccc(-n2nc3c(c2-c2ccn4nccc4n2)CCC3)n1. The largest absolute Gasteiger partial charge is 0.234 e. The molecule has 6 nitrogen and oxygen atoms in total. The van der Waals surface area contributed by atoms with E-state index < -0.39 is 0 Å². The van der Waals surface area contributed by atoms with Crippen LogP contribution in [0.25, 0.3) is 22.9 Å². The van der Waals surface area contributed by atoms with Gasteiger partial charge in [-0.2, -0.15) is 10.2 Å². The molecule has 0 spiro atoms. The summed E-state index contributed by atoms with van der Waals surface area (Å²) in [4.78, 5) is 9.43. The van der Waals surface area contributed by atoms with Gasteiger partial charge in [-0.05, 0) is 44.4 Å². The number of pyridine rings is 1. The summed E-state index contributed by atoms with van der Waals surface area (Å²) in [6.07, 6.45) is 6.93. The molecular formula is C18H16N6. The van der Waals surface area contributed by atoms with Gasteiger partial charge >= 0.3 is 0 Å². The fourth-order valence-corrected chi connectivity index (χ4v) is 3.41. The Balaban J connectivity index is 1.77. The summed E-state index contributed by atoms with van der Waals surface area (Å²) >= 11 is 0. The van der Waals surface area contributed by atoms with Crippen molar-refractivity contribution in [2.75, 3.05) is 0 Å². The minimum absolute atomic E-state index is 0.837. The minimum Gasteiger partial charge on any atom is -0.234 e. The van der Waals surface area contributed by atoms with E-state index in [2.05, 4.69) is 10.1 Å². The summed E-state index contributed by atoms with van der Waals surface area (Å²) in [6, 6.07) is 9.92. The lowest BCUT2D eigenvalue weighted by molar-refractivity contribution is 0.785. The molecule has 1 aliphatic carbocycles. The third-order valence-electron chi connectivity index (χ3n) is 4.50. The van der Waals surface area contributed by atoms with E-state index in [-0.39, 0.29) is 0 Å². The first-order valence-corrected chi connectivity index (χ1v) is 8.15. The second-order valence-corrected chi connectivity index (χ2v) is 6.12. The van der Waals surface area contributed by atoms with Crippen LogP contribution in [-0.4, -0.2) is 29.4 Å². The highest BCUT2D eigenvalue weighted by molar-refractivity contribution is 5.65. The maximum Gasteiger partial charge on any atom is 0.155 e. The van der Waals surface area contributed by atoms with Crippen molar-refractivity contribution < 1.29 is 0 Å². The highest BCUT2D eigenvalue weighted by atomic mass is 15.3. The first-order chi connectivity index (χ1) is 11.8. The Labute approximate surface area is 138 Å². The van der Waals surface area contributed by atoms with E-state index in [1.165, 1.54) is 11.3 Å². The minimum atomic E-state index is 0.837. The lowest BCUT2D eigenvalue weighted by Gasteiger charge is -2.09. The molecule has 4 aromatic rings. The number of hydrogen-bond acceptors (Lipinski definition) is 4. The van der Waals surface area contributed by atoms with Gasteiger partial charge in [-0.15, -0.1) is 0 Å². The Hall–Kier alpha value is -3.02. The van der Waals surface area contributed by atoms with Crippen molar-refractivity contribution in [3.8, 4) is 17.2 Å². The molecule has 0 amide bonds. The Morgan fingerprint density at radius 2 is 2.00 bits per heavy atom. The second kappa shape index (κ2) is 4.99. The Morgan fingerprint density at radius 1 is 1.04 bits per heavy atom. The first-order valence-electron chi connectivity index (χ1n) is 8.15. The van der Waals surface area contributed by atoms with Crippen molar-refractivity contribution >= 4 is 5.65 Å². The van der Waals surface area contributed by atoms with Crippen LogP contribution in [0.2, 0.25) is 0 Å². The van der Waals surface area contributed by atoms with Crippen molar-refractivity contribution in [1.82, 2.24) is 29.4 Å². The van der Waals surface area contributed by atoms with E-state index in [0.717, 1.165) is 47.8 Å². The molecule has 0 unspecified atom stereocenters. The van der Waals surface area contributed by atoms with Gasteiger partial charge in [0, 0.05) is 23.5 Å². The molecule has 4 aromatic heterocycles.